The highest BCUT2D eigenvalue weighted by atomic mass is 16.2. The van der Waals surface area contributed by atoms with Crippen LogP contribution in [0.3, 0.4) is 0 Å². The molecule has 22 heavy (non-hydrogen) atoms. The number of urea groups is 1. The number of benzene rings is 2. The van der Waals surface area contributed by atoms with Crippen LogP contribution in [0.5, 0.6) is 0 Å². The predicted molar refractivity (Wildman–Crippen MR) is 89.2 cm³/mol. The topological polar surface area (TPSA) is 59.0 Å². The Hall–Kier alpha value is -2.82. The van der Waals surface area contributed by atoms with E-state index in [1.807, 2.05) is 59.4 Å². The van der Waals surface area contributed by atoms with Crippen molar-refractivity contribution in [1.29, 1.82) is 0 Å². The van der Waals surface area contributed by atoms with Crippen molar-refractivity contribution < 1.29 is 4.79 Å². The molecule has 0 atom stereocenters. The van der Waals surface area contributed by atoms with Crippen molar-refractivity contribution in [3.8, 4) is 0 Å². The summed E-state index contributed by atoms with van der Waals surface area (Å²) < 4.78 is 1.94. The highest BCUT2D eigenvalue weighted by Crippen LogP contribution is 2.21. The second-order valence-corrected chi connectivity index (χ2v) is 5.40. The zero-order chi connectivity index (χ0) is 15.5. The molecule has 0 bridgehead atoms. The van der Waals surface area contributed by atoms with E-state index in [1.54, 1.807) is 0 Å². The summed E-state index contributed by atoms with van der Waals surface area (Å²) in [6.07, 6.45) is 1.84. The fourth-order valence-electron chi connectivity index (χ4n) is 2.34. The van der Waals surface area contributed by atoms with E-state index in [-0.39, 0.29) is 12.1 Å². The van der Waals surface area contributed by atoms with Gasteiger partial charge in [-0.05, 0) is 44.2 Å². The van der Waals surface area contributed by atoms with Gasteiger partial charge in [0.2, 0.25) is 0 Å². The van der Waals surface area contributed by atoms with E-state index in [9.17, 15) is 4.79 Å². The first kappa shape index (κ1) is 14.1. The molecule has 0 aliphatic carbocycles. The maximum absolute atomic E-state index is 12.0. The summed E-state index contributed by atoms with van der Waals surface area (Å²) >= 11 is 0. The zero-order valence-electron chi connectivity index (χ0n) is 12.6. The van der Waals surface area contributed by atoms with E-state index in [2.05, 4.69) is 29.6 Å². The maximum Gasteiger partial charge on any atom is 0.323 e. The summed E-state index contributed by atoms with van der Waals surface area (Å²) in [6, 6.07) is 15.1. The molecule has 2 N–H and O–H groups in total. The van der Waals surface area contributed by atoms with Crippen molar-refractivity contribution in [3.05, 3.63) is 54.7 Å². The molecule has 3 rings (SSSR count). The number of para-hydroxylation sites is 1. The molecule has 0 fully saturated rings. The van der Waals surface area contributed by atoms with E-state index in [4.69, 9.17) is 0 Å². The Kier molecular flexibility index (Phi) is 3.78. The monoisotopic (exact) mass is 294 g/mol. The SMILES string of the molecule is CC(C)n1ncc2ccc(NC(=O)Nc3ccccc3)cc21. The van der Waals surface area contributed by atoms with Crippen LogP contribution in [0.1, 0.15) is 19.9 Å². The van der Waals surface area contributed by atoms with Crippen molar-refractivity contribution in [2.45, 2.75) is 19.9 Å². The molecule has 2 amide bonds. The molecule has 2 aromatic carbocycles. The lowest BCUT2D eigenvalue weighted by molar-refractivity contribution is 0.262. The number of aromatic nitrogens is 2. The van der Waals surface area contributed by atoms with Crippen molar-refractivity contribution in [2.75, 3.05) is 10.6 Å². The number of hydrogen-bond acceptors (Lipinski definition) is 2. The predicted octanol–water partition coefficient (Wildman–Crippen LogP) is 4.26. The lowest BCUT2D eigenvalue weighted by Gasteiger charge is -2.10. The highest BCUT2D eigenvalue weighted by Gasteiger charge is 2.08. The molecular weight excluding hydrogens is 276 g/mol. The van der Waals surface area contributed by atoms with Gasteiger partial charge in [-0.3, -0.25) is 4.68 Å². The van der Waals surface area contributed by atoms with Gasteiger partial charge in [0.1, 0.15) is 0 Å². The highest BCUT2D eigenvalue weighted by molar-refractivity contribution is 6.00. The molecule has 0 spiro atoms. The van der Waals surface area contributed by atoms with Gasteiger partial charge in [0.15, 0.2) is 0 Å². The molecular formula is C17H18N4O. The summed E-state index contributed by atoms with van der Waals surface area (Å²) in [6.45, 7) is 4.16. The fourth-order valence-corrected chi connectivity index (χ4v) is 2.34. The standard InChI is InChI=1S/C17H18N4O/c1-12(2)21-16-10-15(9-8-13(16)11-18-21)20-17(22)19-14-6-4-3-5-7-14/h3-12H,1-2H3,(H2,19,20,22). The summed E-state index contributed by atoms with van der Waals surface area (Å²) in [5.74, 6) is 0. The van der Waals surface area contributed by atoms with Gasteiger partial charge in [0.05, 0.1) is 11.7 Å². The molecule has 0 saturated heterocycles. The van der Waals surface area contributed by atoms with Gasteiger partial charge in [-0.2, -0.15) is 5.10 Å². The van der Waals surface area contributed by atoms with Crippen LogP contribution in [0.2, 0.25) is 0 Å². The Morgan fingerprint density at radius 3 is 2.50 bits per heavy atom. The third kappa shape index (κ3) is 2.93. The number of fused-ring (bicyclic) bond motifs is 1. The lowest BCUT2D eigenvalue weighted by Crippen LogP contribution is -2.19. The first-order valence-electron chi connectivity index (χ1n) is 7.24. The first-order valence-corrected chi connectivity index (χ1v) is 7.24. The summed E-state index contributed by atoms with van der Waals surface area (Å²) in [7, 11) is 0. The number of amides is 2. The van der Waals surface area contributed by atoms with Gasteiger partial charge in [-0.1, -0.05) is 18.2 Å². The van der Waals surface area contributed by atoms with Gasteiger partial charge in [-0.25, -0.2) is 4.79 Å². The molecule has 0 aliphatic heterocycles. The first-order chi connectivity index (χ1) is 10.6. The van der Waals surface area contributed by atoms with Crippen molar-refractivity contribution in [1.82, 2.24) is 9.78 Å². The van der Waals surface area contributed by atoms with Crippen LogP contribution in [0, 0.1) is 0 Å². The molecule has 5 heteroatoms. The van der Waals surface area contributed by atoms with E-state index < -0.39 is 0 Å². The van der Waals surface area contributed by atoms with Crippen LogP contribution in [0.25, 0.3) is 10.9 Å². The largest absolute Gasteiger partial charge is 0.323 e. The van der Waals surface area contributed by atoms with Crippen LogP contribution in [0.15, 0.2) is 54.7 Å². The second-order valence-electron chi connectivity index (χ2n) is 5.40. The van der Waals surface area contributed by atoms with Crippen LogP contribution < -0.4 is 10.6 Å². The molecule has 0 radical (unpaired) electrons. The summed E-state index contributed by atoms with van der Waals surface area (Å²) in [5.41, 5.74) is 2.50. The maximum atomic E-state index is 12.0. The van der Waals surface area contributed by atoms with Gasteiger partial charge in [0.25, 0.3) is 0 Å². The van der Waals surface area contributed by atoms with E-state index in [1.165, 1.54) is 0 Å². The Morgan fingerprint density at radius 1 is 1.05 bits per heavy atom. The molecule has 5 nitrogen and oxygen atoms in total. The average Bonchev–Trinajstić information content (AvgIpc) is 2.91. The minimum Gasteiger partial charge on any atom is -0.308 e. The third-order valence-electron chi connectivity index (χ3n) is 3.38. The van der Waals surface area contributed by atoms with Gasteiger partial charge >= 0.3 is 6.03 Å². The molecule has 112 valence electrons. The Balaban J connectivity index is 1.78. The average molecular weight is 294 g/mol. The normalized spacial score (nSPS) is 10.9. The number of nitrogens with zero attached hydrogens (tertiary/aromatic N) is 2. The van der Waals surface area contributed by atoms with E-state index >= 15 is 0 Å². The van der Waals surface area contributed by atoms with Crippen molar-refractivity contribution in [2.24, 2.45) is 0 Å². The molecule has 1 heterocycles. The quantitative estimate of drug-likeness (QED) is 0.758. The molecule has 1 aromatic heterocycles. The van der Waals surface area contributed by atoms with E-state index in [0.717, 1.165) is 22.3 Å². The van der Waals surface area contributed by atoms with Gasteiger partial charge < -0.3 is 10.6 Å². The van der Waals surface area contributed by atoms with Crippen LogP contribution in [-0.2, 0) is 0 Å². The second kappa shape index (κ2) is 5.89. The molecule has 3 aromatic rings. The summed E-state index contributed by atoms with van der Waals surface area (Å²) in [5, 5.41) is 11.1. The minimum atomic E-state index is -0.263. The van der Waals surface area contributed by atoms with Crippen molar-refractivity contribution in [3.63, 3.8) is 0 Å². The Bertz CT molecular complexity index is 793. The van der Waals surface area contributed by atoms with Crippen LogP contribution >= 0.6 is 0 Å². The van der Waals surface area contributed by atoms with E-state index in [0.29, 0.717) is 0 Å². The number of rotatable bonds is 3. The lowest BCUT2D eigenvalue weighted by atomic mass is 10.2. The number of carbonyl (C=O) groups is 1. The Labute approximate surface area is 128 Å². The minimum absolute atomic E-state index is 0.263. The van der Waals surface area contributed by atoms with Crippen molar-refractivity contribution >= 4 is 28.3 Å². The zero-order valence-corrected chi connectivity index (χ0v) is 12.6. The van der Waals surface area contributed by atoms with Crippen LogP contribution in [0.4, 0.5) is 16.2 Å². The van der Waals surface area contributed by atoms with Gasteiger partial charge in [-0.15, -0.1) is 0 Å². The smallest absolute Gasteiger partial charge is 0.308 e. The number of nitrogens with one attached hydrogen (secondary N) is 2. The number of hydrogen-bond donors (Lipinski definition) is 2. The third-order valence-corrected chi connectivity index (χ3v) is 3.38. The number of carbonyl (C=O) groups excluding carboxylic acids is 1. The molecule has 0 unspecified atom stereocenters. The fraction of sp³-hybridized carbons (Fsp3) is 0.176. The molecule has 0 aliphatic rings. The van der Waals surface area contributed by atoms with Gasteiger partial charge in [0, 0.05) is 22.8 Å². The Morgan fingerprint density at radius 2 is 1.77 bits per heavy atom. The molecule has 0 saturated carbocycles. The van der Waals surface area contributed by atoms with Crippen LogP contribution in [-0.4, -0.2) is 15.8 Å². The summed E-state index contributed by atoms with van der Waals surface area (Å²) in [4.78, 5) is 12.0. The number of anilines is 2.